The first-order valence-electron chi connectivity index (χ1n) is 32.0. The molecule has 0 spiro atoms. The van der Waals surface area contributed by atoms with Gasteiger partial charge in [0.05, 0.1) is 33.3 Å². The van der Waals surface area contributed by atoms with Crippen molar-refractivity contribution in [2.75, 3.05) is 0 Å². The molecule has 0 aliphatic carbocycles. The Kier molecular flexibility index (Phi) is 14.2. The van der Waals surface area contributed by atoms with E-state index in [0.29, 0.717) is 11.4 Å². The van der Waals surface area contributed by atoms with Crippen LogP contribution < -0.4 is 0 Å². The number of pyridine rings is 1. The van der Waals surface area contributed by atoms with Crippen LogP contribution in [0.3, 0.4) is 0 Å². The topological polar surface area (TPSA) is 55.9 Å². The van der Waals surface area contributed by atoms with Crippen LogP contribution >= 0.6 is 0 Å². The Hall–Kier alpha value is -10.1. The summed E-state index contributed by atoms with van der Waals surface area (Å²) >= 11 is 0. The Morgan fingerprint density at radius 3 is 1.63 bits per heavy atom. The number of benzene rings is 11. The Morgan fingerprint density at radius 1 is 0.341 bits per heavy atom. The molecule has 0 atom stereocenters. The maximum absolute atomic E-state index is 12.9. The predicted octanol–water partition coefficient (Wildman–Crippen LogP) is 23.2. The monoisotopic (exact) mass is 1180 g/mol. The molecule has 3 heterocycles. The standard InChI is InChI=1S/C86H78N4O/c1-83(2,3)61-39-41-68-55(48-61)38-42-74(86(10,11)12)79(68)57-37-40-73(78(91)50-57)82-88-80-69(32-24-36-77(80)90(82)65-52-62(84(4,5)6)51-63(53-65)85(7,8)9)59-45-58(67-30-20-19-29-66(67)54-25-15-13-16-26-54)46-60(47-59)75-49-56(43-44-87-75)70-33-23-34-72-71-31-21-22-35-76(71)89(81(70)72)64-27-17-14-18-28-64/h13-53,91H,1-12H3. The van der Waals surface area contributed by atoms with Gasteiger partial charge in [0.15, 0.2) is 0 Å². The third-order valence-electron chi connectivity index (χ3n) is 18.5. The fourth-order valence-corrected chi connectivity index (χ4v) is 13.5. The van der Waals surface area contributed by atoms with Gasteiger partial charge < -0.3 is 9.67 Å². The Morgan fingerprint density at radius 2 is 0.934 bits per heavy atom. The smallest absolute Gasteiger partial charge is 0.149 e. The molecule has 14 aromatic rings. The van der Waals surface area contributed by atoms with Crippen molar-refractivity contribution in [3.63, 3.8) is 0 Å². The number of hydrogen-bond donors (Lipinski definition) is 1. The van der Waals surface area contributed by atoms with Gasteiger partial charge in [-0.3, -0.25) is 9.55 Å². The van der Waals surface area contributed by atoms with Crippen LogP contribution in [0.5, 0.6) is 5.75 Å². The van der Waals surface area contributed by atoms with Crippen LogP contribution in [0, 0.1) is 0 Å². The molecule has 5 nitrogen and oxygen atoms in total. The van der Waals surface area contributed by atoms with Gasteiger partial charge in [-0.2, -0.15) is 0 Å². The lowest BCUT2D eigenvalue weighted by atomic mass is 9.78. The first kappa shape index (κ1) is 58.6. The van der Waals surface area contributed by atoms with E-state index in [4.69, 9.17) is 9.97 Å². The molecule has 1 N–H and O–H groups in total. The van der Waals surface area contributed by atoms with Crippen molar-refractivity contribution in [1.82, 2.24) is 19.1 Å². The summed E-state index contributed by atoms with van der Waals surface area (Å²) < 4.78 is 4.70. The van der Waals surface area contributed by atoms with Gasteiger partial charge in [0, 0.05) is 45.0 Å². The van der Waals surface area contributed by atoms with Crippen LogP contribution in [-0.4, -0.2) is 24.2 Å². The molecule has 14 rings (SSSR count). The van der Waals surface area contributed by atoms with Crippen LogP contribution in [-0.2, 0) is 21.7 Å². The third-order valence-corrected chi connectivity index (χ3v) is 18.5. The number of aromatic nitrogens is 4. The number of fused-ring (bicyclic) bond motifs is 5. The summed E-state index contributed by atoms with van der Waals surface area (Å²) in [6.45, 7) is 27.3. The number of aromatic hydroxyl groups is 1. The van der Waals surface area contributed by atoms with E-state index in [0.717, 1.165) is 106 Å². The van der Waals surface area contributed by atoms with Gasteiger partial charge in [-0.25, -0.2) is 4.98 Å². The van der Waals surface area contributed by atoms with Crippen molar-refractivity contribution < 1.29 is 5.11 Å². The summed E-state index contributed by atoms with van der Waals surface area (Å²) in [5, 5.41) is 17.7. The fraction of sp³-hybridized carbons (Fsp3) is 0.186. The average molecular weight is 1180 g/mol. The average Bonchev–Trinajstić information content (AvgIpc) is 1.64. The van der Waals surface area contributed by atoms with Crippen molar-refractivity contribution in [1.29, 1.82) is 0 Å². The third kappa shape index (κ3) is 10.7. The van der Waals surface area contributed by atoms with E-state index >= 15 is 0 Å². The molecular weight excluding hydrogens is 1100 g/mol. The highest BCUT2D eigenvalue weighted by Gasteiger charge is 2.28. The van der Waals surface area contributed by atoms with Crippen LogP contribution in [0.4, 0.5) is 0 Å². The zero-order valence-corrected chi connectivity index (χ0v) is 54.4. The van der Waals surface area contributed by atoms with Crippen LogP contribution in [0.2, 0.25) is 0 Å². The molecule has 448 valence electrons. The summed E-state index contributed by atoms with van der Waals surface area (Å²) in [6.07, 6.45) is 1.96. The summed E-state index contributed by atoms with van der Waals surface area (Å²) in [5.41, 5.74) is 23.8. The van der Waals surface area contributed by atoms with Gasteiger partial charge in [-0.1, -0.05) is 247 Å². The predicted molar refractivity (Wildman–Crippen MR) is 385 cm³/mol. The minimum absolute atomic E-state index is 0.00568. The maximum atomic E-state index is 12.9. The number of phenols is 1. The molecule has 11 aromatic carbocycles. The van der Waals surface area contributed by atoms with E-state index < -0.39 is 0 Å². The molecule has 3 aromatic heterocycles. The summed E-state index contributed by atoms with van der Waals surface area (Å²) in [5.74, 6) is 0.817. The fourth-order valence-electron chi connectivity index (χ4n) is 13.5. The molecule has 0 fully saturated rings. The summed E-state index contributed by atoms with van der Waals surface area (Å²) in [7, 11) is 0. The number of imidazole rings is 1. The number of rotatable bonds is 9. The molecule has 0 aliphatic heterocycles. The van der Waals surface area contributed by atoms with Crippen molar-refractivity contribution in [3.05, 3.63) is 271 Å². The van der Waals surface area contributed by atoms with Crippen molar-refractivity contribution in [3.8, 4) is 95.4 Å². The zero-order chi connectivity index (χ0) is 63.3. The molecule has 0 saturated heterocycles. The van der Waals surface area contributed by atoms with Crippen LogP contribution in [0.1, 0.15) is 105 Å². The Labute approximate surface area is 536 Å². The second-order valence-corrected chi connectivity index (χ2v) is 28.9. The minimum Gasteiger partial charge on any atom is -0.507 e. The molecule has 0 saturated carbocycles. The lowest BCUT2D eigenvalue weighted by Gasteiger charge is -2.27. The molecule has 0 bridgehead atoms. The van der Waals surface area contributed by atoms with Crippen molar-refractivity contribution in [2.45, 2.75) is 105 Å². The van der Waals surface area contributed by atoms with Gasteiger partial charge in [-0.05, 0) is 178 Å². The van der Waals surface area contributed by atoms with E-state index in [9.17, 15) is 5.11 Å². The van der Waals surface area contributed by atoms with Crippen LogP contribution in [0.15, 0.2) is 249 Å². The SMILES string of the molecule is CC(C)(C)c1cc(-n2c(-c3ccc(-c4c(C(C)(C)C)ccc5cc(C(C)(C)C)ccc45)cc3O)nc3c(-c4cc(-c5cc(-c6cccc7c8ccccc8n(-c8ccccc8)c67)ccn5)cc(-c5ccccc5-c5ccccc5)c4)cccc32)cc(C(C)(C)C)c1. The largest absolute Gasteiger partial charge is 0.507 e. The van der Waals surface area contributed by atoms with E-state index in [2.05, 4.69) is 329 Å². The lowest BCUT2D eigenvalue weighted by Crippen LogP contribution is -2.17. The highest BCUT2D eigenvalue weighted by atomic mass is 16.3. The molecule has 0 aliphatic rings. The van der Waals surface area contributed by atoms with Crippen LogP contribution in [0.25, 0.3) is 133 Å². The van der Waals surface area contributed by atoms with Gasteiger partial charge in [0.2, 0.25) is 0 Å². The van der Waals surface area contributed by atoms with Crippen molar-refractivity contribution in [2.24, 2.45) is 0 Å². The summed E-state index contributed by atoms with van der Waals surface area (Å²) in [4.78, 5) is 11.0. The summed E-state index contributed by atoms with van der Waals surface area (Å²) in [6, 6.07) is 88.0. The Bertz CT molecular complexity index is 5120. The quantitative estimate of drug-likeness (QED) is 0.157. The second-order valence-electron chi connectivity index (χ2n) is 28.9. The highest BCUT2D eigenvalue weighted by molar-refractivity contribution is 6.14. The molecular formula is C86H78N4O. The number of para-hydroxylation sites is 4. The van der Waals surface area contributed by atoms with Gasteiger partial charge in [-0.15, -0.1) is 0 Å². The first-order valence-corrected chi connectivity index (χ1v) is 32.0. The van der Waals surface area contributed by atoms with Crippen molar-refractivity contribution >= 4 is 43.6 Å². The molecule has 5 heteroatoms. The molecule has 91 heavy (non-hydrogen) atoms. The van der Waals surface area contributed by atoms with E-state index in [-0.39, 0.29) is 27.4 Å². The van der Waals surface area contributed by atoms with E-state index in [1.54, 1.807) is 0 Å². The molecule has 0 radical (unpaired) electrons. The Balaban J connectivity index is 1.01. The lowest BCUT2D eigenvalue weighted by molar-refractivity contribution is 0.477. The van der Waals surface area contributed by atoms with Gasteiger partial charge in [0.1, 0.15) is 11.6 Å². The van der Waals surface area contributed by atoms with Gasteiger partial charge in [0.25, 0.3) is 0 Å². The highest BCUT2D eigenvalue weighted by Crippen LogP contribution is 2.47. The number of phenolic OH excluding ortho intramolecular Hbond substituents is 1. The number of nitrogens with zero attached hydrogens (tertiary/aromatic N) is 4. The minimum atomic E-state index is -0.174. The van der Waals surface area contributed by atoms with E-state index in [1.165, 1.54) is 38.4 Å². The molecule has 0 amide bonds. The molecule has 0 unspecified atom stereocenters. The zero-order valence-electron chi connectivity index (χ0n) is 54.4. The first-order chi connectivity index (χ1) is 43.6. The second kappa shape index (κ2) is 22.1. The van der Waals surface area contributed by atoms with E-state index in [1.807, 2.05) is 12.3 Å². The maximum Gasteiger partial charge on any atom is 0.149 e. The normalized spacial score (nSPS) is 12.4. The van der Waals surface area contributed by atoms with Gasteiger partial charge >= 0.3 is 0 Å². The number of hydrogen-bond acceptors (Lipinski definition) is 3.